The molecule has 1 atom stereocenters. The molecule has 0 amide bonds. The van der Waals surface area contributed by atoms with Gasteiger partial charge in [0.25, 0.3) is 0 Å². The molecule has 0 spiro atoms. The molecule has 0 radical (unpaired) electrons. The van der Waals surface area contributed by atoms with Crippen LogP contribution in [0.15, 0.2) is 47.5 Å². The number of anilines is 1. The van der Waals surface area contributed by atoms with Crippen LogP contribution in [0.25, 0.3) is 0 Å². The van der Waals surface area contributed by atoms with E-state index in [9.17, 15) is 8.42 Å². The molecule has 0 bridgehead atoms. The number of nitrogens with zero attached hydrogens (tertiary/aromatic N) is 2. The fourth-order valence-corrected chi connectivity index (χ4v) is 4.27. The number of pyridine rings is 1. The van der Waals surface area contributed by atoms with Crippen molar-refractivity contribution in [2.45, 2.75) is 23.8 Å². The molecule has 6 nitrogen and oxygen atoms in total. The van der Waals surface area contributed by atoms with Gasteiger partial charge in [-0.3, -0.25) is 0 Å². The minimum Gasteiger partial charge on any atom is -0.370 e. The normalized spacial score (nSPS) is 20.6. The van der Waals surface area contributed by atoms with Gasteiger partial charge in [0.05, 0.1) is 6.61 Å². The van der Waals surface area contributed by atoms with Gasteiger partial charge in [-0.05, 0) is 48.6 Å². The zero-order valence-electron chi connectivity index (χ0n) is 14.8. The number of rotatable bonds is 6. The molecule has 1 aliphatic heterocycles. The van der Waals surface area contributed by atoms with Crippen molar-refractivity contribution in [1.29, 1.82) is 0 Å². The summed E-state index contributed by atoms with van der Waals surface area (Å²) in [5, 5.41) is 0.695. The van der Waals surface area contributed by atoms with Crippen molar-refractivity contribution in [2.24, 2.45) is 5.92 Å². The molecule has 2 fully saturated rings. The van der Waals surface area contributed by atoms with Crippen molar-refractivity contribution >= 4 is 27.4 Å². The van der Waals surface area contributed by atoms with Crippen LogP contribution in [-0.2, 0) is 14.8 Å². The van der Waals surface area contributed by atoms with E-state index in [1.165, 1.54) is 6.20 Å². The first kappa shape index (κ1) is 18.7. The van der Waals surface area contributed by atoms with Crippen molar-refractivity contribution in [3.05, 3.63) is 53.2 Å². The molecule has 2 aromatic rings. The molecule has 1 unspecified atom stereocenters. The van der Waals surface area contributed by atoms with Crippen LogP contribution in [0.1, 0.15) is 24.5 Å². The van der Waals surface area contributed by atoms with Crippen molar-refractivity contribution in [3.8, 4) is 0 Å². The standard InChI is InChI=1S/C19H22ClN3O3S/c20-16-5-3-15(4-6-16)18-13-23(9-10-26-18)19-8-7-17(12-21-19)27(24,25)22-11-14-1-2-14/h3-8,12,14,18,22H,1-2,9-11,13H2. The third-order valence-corrected chi connectivity index (χ3v) is 6.58. The van der Waals surface area contributed by atoms with Crippen molar-refractivity contribution in [3.63, 3.8) is 0 Å². The van der Waals surface area contributed by atoms with Crippen molar-refractivity contribution in [1.82, 2.24) is 9.71 Å². The summed E-state index contributed by atoms with van der Waals surface area (Å²) in [5.41, 5.74) is 1.06. The smallest absolute Gasteiger partial charge is 0.242 e. The highest BCUT2D eigenvalue weighted by Gasteiger charge is 2.26. The number of sulfonamides is 1. The lowest BCUT2D eigenvalue weighted by atomic mass is 10.1. The third-order valence-electron chi connectivity index (χ3n) is 4.92. The summed E-state index contributed by atoms with van der Waals surface area (Å²) in [7, 11) is -3.49. The summed E-state index contributed by atoms with van der Waals surface area (Å²) in [4.78, 5) is 6.69. The van der Waals surface area contributed by atoms with Crippen LogP contribution in [0.3, 0.4) is 0 Å². The molecule has 1 N–H and O–H groups in total. The van der Waals surface area contributed by atoms with Crippen LogP contribution in [0.2, 0.25) is 5.02 Å². The van der Waals surface area contributed by atoms with E-state index in [4.69, 9.17) is 16.3 Å². The third kappa shape index (κ3) is 4.60. The zero-order chi connectivity index (χ0) is 18.9. The first-order valence-electron chi connectivity index (χ1n) is 9.09. The minimum absolute atomic E-state index is 0.0681. The van der Waals surface area contributed by atoms with Gasteiger partial charge in [0.15, 0.2) is 0 Å². The highest BCUT2D eigenvalue weighted by atomic mass is 35.5. The van der Waals surface area contributed by atoms with E-state index in [0.717, 1.165) is 24.2 Å². The highest BCUT2D eigenvalue weighted by molar-refractivity contribution is 7.89. The fourth-order valence-electron chi connectivity index (χ4n) is 3.09. The Balaban J connectivity index is 1.44. The number of nitrogens with one attached hydrogen (secondary N) is 1. The lowest BCUT2D eigenvalue weighted by Gasteiger charge is -2.34. The maximum absolute atomic E-state index is 12.3. The van der Waals surface area contributed by atoms with Gasteiger partial charge in [-0.25, -0.2) is 18.1 Å². The molecule has 8 heteroatoms. The van der Waals surface area contributed by atoms with E-state index in [2.05, 4.69) is 14.6 Å². The van der Waals surface area contributed by atoms with Gasteiger partial charge in [0.1, 0.15) is 16.8 Å². The molecule has 4 rings (SSSR count). The van der Waals surface area contributed by atoms with E-state index in [0.29, 0.717) is 37.2 Å². The topological polar surface area (TPSA) is 71.5 Å². The van der Waals surface area contributed by atoms with Gasteiger partial charge < -0.3 is 9.64 Å². The molecule has 2 heterocycles. The Morgan fingerprint density at radius 3 is 2.63 bits per heavy atom. The largest absolute Gasteiger partial charge is 0.370 e. The van der Waals surface area contributed by atoms with E-state index >= 15 is 0 Å². The SMILES string of the molecule is O=S(=O)(NCC1CC1)c1ccc(N2CCOC(c3ccc(Cl)cc3)C2)nc1. The molecular formula is C19H22ClN3O3S. The van der Waals surface area contributed by atoms with E-state index < -0.39 is 10.0 Å². The summed E-state index contributed by atoms with van der Waals surface area (Å²) >= 11 is 5.95. The average Bonchev–Trinajstić information content (AvgIpc) is 3.52. The van der Waals surface area contributed by atoms with Crippen LogP contribution < -0.4 is 9.62 Å². The molecule has 144 valence electrons. The number of hydrogen-bond acceptors (Lipinski definition) is 5. The Kier molecular flexibility index (Phi) is 5.36. The van der Waals surface area contributed by atoms with Gasteiger partial charge in [0.2, 0.25) is 10.0 Å². The van der Waals surface area contributed by atoms with Crippen LogP contribution >= 0.6 is 11.6 Å². The fraction of sp³-hybridized carbons (Fsp3) is 0.421. The lowest BCUT2D eigenvalue weighted by Crippen LogP contribution is -2.38. The molecule has 1 saturated heterocycles. The van der Waals surface area contributed by atoms with Crippen LogP contribution in [0.4, 0.5) is 5.82 Å². The van der Waals surface area contributed by atoms with Gasteiger partial charge >= 0.3 is 0 Å². The van der Waals surface area contributed by atoms with Crippen LogP contribution in [-0.4, -0.2) is 39.6 Å². The first-order valence-corrected chi connectivity index (χ1v) is 10.9. The second kappa shape index (κ2) is 7.75. The monoisotopic (exact) mass is 407 g/mol. The van der Waals surface area contributed by atoms with Crippen LogP contribution in [0, 0.1) is 5.92 Å². The second-order valence-electron chi connectivity index (χ2n) is 7.00. The zero-order valence-corrected chi connectivity index (χ0v) is 16.4. The minimum atomic E-state index is -3.49. The van der Waals surface area contributed by atoms with Crippen molar-refractivity contribution < 1.29 is 13.2 Å². The molecule has 1 aromatic carbocycles. The molecule has 27 heavy (non-hydrogen) atoms. The quantitative estimate of drug-likeness (QED) is 0.797. The average molecular weight is 408 g/mol. The van der Waals surface area contributed by atoms with Crippen molar-refractivity contribution in [2.75, 3.05) is 31.1 Å². The molecule has 1 aliphatic carbocycles. The van der Waals surface area contributed by atoms with Gasteiger partial charge in [-0.15, -0.1) is 0 Å². The number of benzene rings is 1. The number of ether oxygens (including phenoxy) is 1. The molecule has 1 saturated carbocycles. The number of morpholine rings is 1. The number of halogens is 1. The maximum atomic E-state index is 12.3. The number of hydrogen-bond donors (Lipinski definition) is 1. The predicted octanol–water partition coefficient (Wildman–Crippen LogP) is 3.00. The maximum Gasteiger partial charge on any atom is 0.242 e. The second-order valence-corrected chi connectivity index (χ2v) is 9.21. The summed E-state index contributed by atoms with van der Waals surface area (Å²) in [6.07, 6.45) is 3.57. The summed E-state index contributed by atoms with van der Waals surface area (Å²) in [6.45, 7) is 2.46. The number of aromatic nitrogens is 1. The predicted molar refractivity (Wildman–Crippen MR) is 105 cm³/mol. The Labute approximate surface area is 164 Å². The Morgan fingerprint density at radius 2 is 1.96 bits per heavy atom. The van der Waals surface area contributed by atoms with E-state index in [-0.39, 0.29) is 11.0 Å². The first-order chi connectivity index (χ1) is 13.0. The summed E-state index contributed by atoms with van der Waals surface area (Å²) in [5.74, 6) is 1.24. The highest BCUT2D eigenvalue weighted by Crippen LogP contribution is 2.29. The lowest BCUT2D eigenvalue weighted by molar-refractivity contribution is 0.0395. The van der Waals surface area contributed by atoms with E-state index in [1.54, 1.807) is 12.1 Å². The van der Waals surface area contributed by atoms with E-state index in [1.807, 2.05) is 24.3 Å². The summed E-state index contributed by atoms with van der Waals surface area (Å²) in [6, 6.07) is 11.0. The molecular weight excluding hydrogens is 386 g/mol. The summed E-state index contributed by atoms with van der Waals surface area (Å²) < 4.78 is 33.2. The van der Waals surface area contributed by atoms with Gasteiger partial charge in [-0.2, -0.15) is 0 Å². The van der Waals surface area contributed by atoms with Gasteiger partial charge in [-0.1, -0.05) is 23.7 Å². The Hall–Kier alpha value is -1.67. The van der Waals surface area contributed by atoms with Crippen LogP contribution in [0.5, 0.6) is 0 Å². The molecule has 2 aliphatic rings. The van der Waals surface area contributed by atoms with Gasteiger partial charge in [0, 0.05) is 30.9 Å². The molecule has 1 aromatic heterocycles. The Bertz CT molecular complexity index is 883. The Morgan fingerprint density at radius 1 is 1.19 bits per heavy atom.